The van der Waals surface area contributed by atoms with E-state index in [4.69, 9.17) is 12.2 Å². The summed E-state index contributed by atoms with van der Waals surface area (Å²) in [5.74, 6) is -0.436. The van der Waals surface area contributed by atoms with Crippen LogP contribution in [0.3, 0.4) is 0 Å². The summed E-state index contributed by atoms with van der Waals surface area (Å²) >= 11 is 5.02. The molecule has 0 saturated heterocycles. The number of H-pyrrole nitrogens is 2. The molecule has 0 atom stereocenters. The molecule has 0 amide bonds. The molecule has 9 heteroatoms. The molecule has 1 aromatic carbocycles. The third kappa shape index (κ3) is 2.02. The minimum atomic E-state index is -0.937. The van der Waals surface area contributed by atoms with E-state index >= 15 is 0 Å². The van der Waals surface area contributed by atoms with Crippen molar-refractivity contribution in [1.82, 2.24) is 19.6 Å². The maximum Gasteiger partial charge on any atom is 0.328 e. The van der Waals surface area contributed by atoms with Gasteiger partial charge in [-0.15, -0.1) is 0 Å². The van der Waals surface area contributed by atoms with E-state index in [2.05, 4.69) is 15.2 Å². The Bertz CT molecular complexity index is 1100. The number of aromatic amines is 2. The van der Waals surface area contributed by atoms with Crippen molar-refractivity contribution in [3.05, 3.63) is 61.1 Å². The minimum Gasteiger partial charge on any atom is -0.281 e. The predicted octanol–water partition coefficient (Wildman–Crippen LogP) is 1.12. The second kappa shape index (κ2) is 5.01. The van der Waals surface area contributed by atoms with Crippen molar-refractivity contribution in [1.29, 1.82) is 5.26 Å². The van der Waals surface area contributed by atoms with Gasteiger partial charge in [-0.1, -0.05) is 0 Å². The zero-order valence-electron chi connectivity index (χ0n) is 10.8. The summed E-state index contributed by atoms with van der Waals surface area (Å²) in [6, 6.07) is 7.22. The molecular formula is C13H6FN5O2S. The lowest BCUT2D eigenvalue weighted by Gasteiger charge is -2.07. The molecule has 0 spiro atoms. The lowest BCUT2D eigenvalue weighted by atomic mass is 10.1. The Morgan fingerprint density at radius 1 is 1.23 bits per heavy atom. The minimum absolute atomic E-state index is 0.00792. The van der Waals surface area contributed by atoms with Crippen molar-refractivity contribution < 1.29 is 4.39 Å². The van der Waals surface area contributed by atoms with Crippen molar-refractivity contribution in [3.63, 3.8) is 0 Å². The van der Waals surface area contributed by atoms with Crippen LogP contribution in [0, 0.1) is 21.9 Å². The predicted molar refractivity (Wildman–Crippen MR) is 77.4 cm³/mol. The Balaban J connectivity index is 2.49. The summed E-state index contributed by atoms with van der Waals surface area (Å²) in [5.41, 5.74) is -1.17. The molecule has 2 N–H and O–H groups in total. The summed E-state index contributed by atoms with van der Waals surface area (Å²) in [6.45, 7) is 0. The Hall–Kier alpha value is -3.12. The van der Waals surface area contributed by atoms with E-state index in [1.165, 1.54) is 24.3 Å². The largest absolute Gasteiger partial charge is 0.328 e. The molecule has 3 aromatic rings. The number of nitrogens with one attached hydrogen (secondary N) is 2. The lowest BCUT2D eigenvalue weighted by molar-refractivity contribution is 0.628. The van der Waals surface area contributed by atoms with E-state index in [9.17, 15) is 19.2 Å². The van der Waals surface area contributed by atoms with Gasteiger partial charge in [-0.25, -0.2) is 13.8 Å². The lowest BCUT2D eigenvalue weighted by Crippen LogP contribution is -2.35. The monoisotopic (exact) mass is 315 g/mol. The van der Waals surface area contributed by atoms with Crippen molar-refractivity contribution in [2.45, 2.75) is 0 Å². The Morgan fingerprint density at radius 3 is 2.55 bits per heavy atom. The third-order valence-corrected chi connectivity index (χ3v) is 3.29. The third-order valence-electron chi connectivity index (χ3n) is 3.02. The first kappa shape index (κ1) is 13.8. The molecule has 0 radical (unpaired) electrons. The number of rotatable bonds is 1. The second-order valence-electron chi connectivity index (χ2n) is 4.30. The average molecular weight is 315 g/mol. The molecular weight excluding hydrogens is 309 g/mol. The first-order chi connectivity index (χ1) is 10.5. The normalized spacial score (nSPS) is 10.5. The number of aromatic nitrogens is 4. The molecule has 2 aromatic heterocycles. The van der Waals surface area contributed by atoms with Crippen molar-refractivity contribution in [3.8, 4) is 17.3 Å². The summed E-state index contributed by atoms with van der Waals surface area (Å²) < 4.78 is 13.7. The molecule has 0 saturated carbocycles. The standard InChI is InChI=1S/C13H6FN5O2S/c14-7-3-1-6(2-4-7)9-8(5-15)10-17-18-11(20)12(21)19(10)13(22)16-9/h1-4,17H,(H,18,20). The molecule has 108 valence electrons. The van der Waals surface area contributed by atoms with Crippen LogP contribution >= 0.6 is 12.2 Å². The van der Waals surface area contributed by atoms with Gasteiger partial charge in [0.2, 0.25) is 4.77 Å². The first-order valence-corrected chi connectivity index (χ1v) is 6.37. The smallest absolute Gasteiger partial charge is 0.281 e. The van der Waals surface area contributed by atoms with Crippen LogP contribution in [0.15, 0.2) is 33.9 Å². The second-order valence-corrected chi connectivity index (χ2v) is 4.67. The van der Waals surface area contributed by atoms with Crippen LogP contribution in [-0.4, -0.2) is 19.6 Å². The van der Waals surface area contributed by atoms with Gasteiger partial charge in [-0.3, -0.25) is 19.8 Å². The van der Waals surface area contributed by atoms with Crippen LogP contribution in [0.25, 0.3) is 16.9 Å². The van der Waals surface area contributed by atoms with Gasteiger partial charge >= 0.3 is 11.1 Å². The van der Waals surface area contributed by atoms with Gasteiger partial charge in [-0.05, 0) is 36.5 Å². The van der Waals surface area contributed by atoms with Crippen LogP contribution in [0.1, 0.15) is 5.56 Å². The molecule has 0 bridgehead atoms. The fraction of sp³-hybridized carbons (Fsp3) is 0. The van der Waals surface area contributed by atoms with Gasteiger partial charge in [0, 0.05) is 5.56 Å². The fourth-order valence-electron chi connectivity index (χ4n) is 2.02. The number of hydrogen-bond donors (Lipinski definition) is 2. The number of hydrogen-bond acceptors (Lipinski definition) is 5. The summed E-state index contributed by atoms with van der Waals surface area (Å²) in [5, 5.41) is 14.0. The van der Waals surface area contributed by atoms with Gasteiger partial charge in [0.05, 0.1) is 5.69 Å². The fourth-order valence-corrected chi connectivity index (χ4v) is 2.29. The number of nitriles is 1. The number of halogens is 1. The topological polar surface area (TPSA) is 107 Å². The van der Waals surface area contributed by atoms with E-state index in [1.807, 2.05) is 6.07 Å². The van der Waals surface area contributed by atoms with Gasteiger partial charge in [0.1, 0.15) is 17.4 Å². The number of benzene rings is 1. The van der Waals surface area contributed by atoms with Gasteiger partial charge in [-0.2, -0.15) is 5.26 Å². The molecule has 0 aliphatic carbocycles. The van der Waals surface area contributed by atoms with E-state index in [0.29, 0.717) is 5.56 Å². The molecule has 2 heterocycles. The van der Waals surface area contributed by atoms with E-state index in [1.54, 1.807) is 0 Å². The Morgan fingerprint density at radius 2 is 1.91 bits per heavy atom. The highest BCUT2D eigenvalue weighted by Crippen LogP contribution is 2.23. The highest BCUT2D eigenvalue weighted by atomic mass is 32.1. The van der Waals surface area contributed by atoms with Gasteiger partial charge in [0.15, 0.2) is 5.65 Å². The van der Waals surface area contributed by atoms with Crippen LogP contribution in [0.5, 0.6) is 0 Å². The molecule has 0 aliphatic heterocycles. The van der Waals surface area contributed by atoms with E-state index in [0.717, 1.165) is 4.40 Å². The van der Waals surface area contributed by atoms with E-state index < -0.39 is 16.9 Å². The maximum absolute atomic E-state index is 13.0. The summed E-state index contributed by atoms with van der Waals surface area (Å²) in [4.78, 5) is 27.2. The zero-order chi connectivity index (χ0) is 15.9. The van der Waals surface area contributed by atoms with Gasteiger partial charge in [0.25, 0.3) is 0 Å². The van der Waals surface area contributed by atoms with Crippen LogP contribution in [-0.2, 0) is 0 Å². The Kier molecular flexibility index (Phi) is 3.15. The summed E-state index contributed by atoms with van der Waals surface area (Å²) in [6.07, 6.45) is 0. The molecule has 0 fully saturated rings. The first-order valence-electron chi connectivity index (χ1n) is 5.96. The highest BCUT2D eigenvalue weighted by Gasteiger charge is 2.15. The highest BCUT2D eigenvalue weighted by molar-refractivity contribution is 7.71. The summed E-state index contributed by atoms with van der Waals surface area (Å²) in [7, 11) is 0. The zero-order valence-corrected chi connectivity index (χ0v) is 11.6. The quantitative estimate of drug-likeness (QED) is 0.517. The van der Waals surface area contributed by atoms with Crippen LogP contribution < -0.4 is 11.1 Å². The molecule has 7 nitrogen and oxygen atoms in total. The molecule has 3 rings (SSSR count). The van der Waals surface area contributed by atoms with Crippen molar-refractivity contribution >= 4 is 17.9 Å². The Labute approximate surface area is 126 Å². The average Bonchev–Trinajstić information content (AvgIpc) is 2.51. The van der Waals surface area contributed by atoms with Crippen LogP contribution in [0.2, 0.25) is 0 Å². The maximum atomic E-state index is 13.0. The molecule has 0 aliphatic rings. The molecule has 22 heavy (non-hydrogen) atoms. The van der Waals surface area contributed by atoms with E-state index in [-0.39, 0.29) is 21.7 Å². The van der Waals surface area contributed by atoms with Crippen LogP contribution in [0.4, 0.5) is 4.39 Å². The van der Waals surface area contributed by atoms with Crippen molar-refractivity contribution in [2.75, 3.05) is 0 Å². The molecule has 0 unspecified atom stereocenters. The number of fused-ring (bicyclic) bond motifs is 1. The number of nitrogens with zero attached hydrogens (tertiary/aromatic N) is 3. The van der Waals surface area contributed by atoms with Gasteiger partial charge < -0.3 is 0 Å². The van der Waals surface area contributed by atoms with Crippen molar-refractivity contribution in [2.24, 2.45) is 0 Å². The SMILES string of the molecule is N#Cc1c(-c2ccc(F)cc2)nc(=S)n2c(=O)c(=O)[nH][nH]c12.